The van der Waals surface area contributed by atoms with Gasteiger partial charge in [-0.05, 0) is 65.4 Å². The van der Waals surface area contributed by atoms with Crippen LogP contribution in [0.5, 0.6) is 0 Å². The van der Waals surface area contributed by atoms with E-state index in [1.165, 1.54) is 43.3 Å². The SMILES string of the molecule is CC1=CC=C(C2(C)CCCC(C)(C)O2)CC1. The van der Waals surface area contributed by atoms with Crippen LogP contribution in [0.25, 0.3) is 0 Å². The molecule has 0 radical (unpaired) electrons. The van der Waals surface area contributed by atoms with E-state index in [4.69, 9.17) is 4.74 Å². The second-order valence-electron chi connectivity index (χ2n) is 6.15. The molecule has 1 unspecified atom stereocenters. The van der Waals surface area contributed by atoms with Gasteiger partial charge >= 0.3 is 0 Å². The fourth-order valence-electron chi connectivity index (χ4n) is 2.97. The monoisotopic (exact) mass is 220 g/mol. The first kappa shape index (κ1) is 11.9. The van der Waals surface area contributed by atoms with Gasteiger partial charge in [-0.3, -0.25) is 0 Å². The highest BCUT2D eigenvalue weighted by molar-refractivity contribution is 5.29. The molecule has 90 valence electrons. The van der Waals surface area contributed by atoms with Gasteiger partial charge < -0.3 is 4.74 Å². The molecule has 0 N–H and O–H groups in total. The largest absolute Gasteiger partial charge is 0.365 e. The third-order valence-corrected chi connectivity index (χ3v) is 3.97. The van der Waals surface area contributed by atoms with Gasteiger partial charge in [0.15, 0.2) is 0 Å². The molecule has 0 bridgehead atoms. The third-order valence-electron chi connectivity index (χ3n) is 3.97. The van der Waals surface area contributed by atoms with E-state index >= 15 is 0 Å². The Morgan fingerprint density at radius 3 is 2.38 bits per heavy atom. The van der Waals surface area contributed by atoms with Crippen molar-refractivity contribution in [2.45, 2.75) is 71.0 Å². The molecule has 1 atom stereocenters. The molecule has 2 aliphatic rings. The lowest BCUT2D eigenvalue weighted by Gasteiger charge is -2.45. The Morgan fingerprint density at radius 1 is 1.06 bits per heavy atom. The zero-order valence-electron chi connectivity index (χ0n) is 11.1. The number of ether oxygens (including phenoxy) is 1. The summed E-state index contributed by atoms with van der Waals surface area (Å²) < 4.78 is 6.34. The number of allylic oxidation sites excluding steroid dienone is 3. The van der Waals surface area contributed by atoms with Gasteiger partial charge in [-0.25, -0.2) is 0 Å². The van der Waals surface area contributed by atoms with Crippen molar-refractivity contribution < 1.29 is 4.74 Å². The predicted molar refractivity (Wildman–Crippen MR) is 68.5 cm³/mol. The summed E-state index contributed by atoms with van der Waals surface area (Å²) in [5.74, 6) is 0. The molecule has 1 saturated heterocycles. The molecule has 0 saturated carbocycles. The van der Waals surface area contributed by atoms with Gasteiger partial charge in [-0.2, -0.15) is 0 Å². The molecular formula is C15H24O. The van der Waals surface area contributed by atoms with Crippen LogP contribution >= 0.6 is 0 Å². The van der Waals surface area contributed by atoms with Crippen molar-refractivity contribution in [1.29, 1.82) is 0 Å². The van der Waals surface area contributed by atoms with Crippen molar-refractivity contribution >= 4 is 0 Å². The minimum absolute atomic E-state index is 0.0149. The van der Waals surface area contributed by atoms with Crippen LogP contribution in [0.1, 0.15) is 59.8 Å². The molecule has 0 aromatic heterocycles. The molecular weight excluding hydrogens is 196 g/mol. The second-order valence-corrected chi connectivity index (χ2v) is 6.15. The van der Waals surface area contributed by atoms with Crippen LogP contribution in [-0.4, -0.2) is 11.2 Å². The molecule has 0 aromatic rings. The summed E-state index contributed by atoms with van der Waals surface area (Å²) in [6.45, 7) is 8.92. The molecule has 1 heterocycles. The van der Waals surface area contributed by atoms with E-state index < -0.39 is 0 Å². The van der Waals surface area contributed by atoms with Crippen molar-refractivity contribution in [1.82, 2.24) is 0 Å². The summed E-state index contributed by atoms with van der Waals surface area (Å²) in [7, 11) is 0. The minimum atomic E-state index is -0.0149. The fourth-order valence-corrected chi connectivity index (χ4v) is 2.97. The lowest BCUT2D eigenvalue weighted by atomic mass is 9.79. The molecule has 1 heteroatoms. The van der Waals surface area contributed by atoms with Gasteiger partial charge in [0, 0.05) is 0 Å². The first-order valence-corrected chi connectivity index (χ1v) is 6.48. The first-order chi connectivity index (χ1) is 7.41. The average molecular weight is 220 g/mol. The third kappa shape index (κ3) is 2.40. The van der Waals surface area contributed by atoms with E-state index in [1.54, 1.807) is 0 Å². The van der Waals surface area contributed by atoms with E-state index in [0.717, 1.165) is 0 Å². The quantitative estimate of drug-likeness (QED) is 0.637. The topological polar surface area (TPSA) is 9.23 Å². The lowest BCUT2D eigenvalue weighted by molar-refractivity contribution is -0.146. The van der Waals surface area contributed by atoms with Crippen LogP contribution < -0.4 is 0 Å². The molecule has 1 nitrogen and oxygen atoms in total. The van der Waals surface area contributed by atoms with Crippen LogP contribution in [-0.2, 0) is 4.74 Å². The van der Waals surface area contributed by atoms with E-state index in [1.807, 2.05) is 0 Å². The van der Waals surface area contributed by atoms with Gasteiger partial charge in [0.05, 0.1) is 11.2 Å². The summed E-state index contributed by atoms with van der Waals surface area (Å²) >= 11 is 0. The molecule has 1 aliphatic heterocycles. The van der Waals surface area contributed by atoms with E-state index in [2.05, 4.69) is 39.8 Å². The van der Waals surface area contributed by atoms with Gasteiger partial charge in [0.2, 0.25) is 0 Å². The van der Waals surface area contributed by atoms with Crippen molar-refractivity contribution in [2.75, 3.05) is 0 Å². The van der Waals surface area contributed by atoms with Crippen LogP contribution in [0, 0.1) is 0 Å². The van der Waals surface area contributed by atoms with Crippen molar-refractivity contribution in [3.05, 3.63) is 23.3 Å². The van der Waals surface area contributed by atoms with E-state index in [0.29, 0.717) is 0 Å². The number of hydrogen-bond donors (Lipinski definition) is 0. The molecule has 1 aliphatic carbocycles. The summed E-state index contributed by atoms with van der Waals surface area (Å²) in [4.78, 5) is 0. The summed E-state index contributed by atoms with van der Waals surface area (Å²) in [5.41, 5.74) is 3.01. The normalized spacial score (nSPS) is 34.2. The standard InChI is InChI=1S/C15H24O/c1-12-6-8-13(9-7-12)15(4)11-5-10-14(2,3)16-15/h6,8H,5,7,9-11H2,1-4H3. The maximum Gasteiger partial charge on any atom is 0.0873 e. The number of hydrogen-bond acceptors (Lipinski definition) is 1. The molecule has 0 aromatic carbocycles. The highest BCUT2D eigenvalue weighted by Gasteiger charge is 2.39. The predicted octanol–water partition coefficient (Wildman–Crippen LogP) is 4.39. The van der Waals surface area contributed by atoms with Gasteiger partial charge in [-0.15, -0.1) is 0 Å². The Morgan fingerprint density at radius 2 is 1.81 bits per heavy atom. The van der Waals surface area contributed by atoms with Gasteiger partial charge in [0.25, 0.3) is 0 Å². The smallest absolute Gasteiger partial charge is 0.0873 e. The fraction of sp³-hybridized carbons (Fsp3) is 0.733. The maximum atomic E-state index is 6.34. The Balaban J connectivity index is 2.19. The minimum Gasteiger partial charge on any atom is -0.365 e. The first-order valence-electron chi connectivity index (χ1n) is 6.48. The second kappa shape index (κ2) is 4.03. The highest BCUT2D eigenvalue weighted by atomic mass is 16.5. The van der Waals surface area contributed by atoms with E-state index in [9.17, 15) is 0 Å². The average Bonchev–Trinajstić information content (AvgIpc) is 2.16. The zero-order valence-corrected chi connectivity index (χ0v) is 11.1. The Hall–Kier alpha value is -0.560. The van der Waals surface area contributed by atoms with Crippen LogP contribution in [0.15, 0.2) is 23.3 Å². The maximum absolute atomic E-state index is 6.34. The van der Waals surface area contributed by atoms with Crippen LogP contribution in [0.3, 0.4) is 0 Å². The molecule has 0 amide bonds. The highest BCUT2D eigenvalue weighted by Crippen LogP contribution is 2.42. The van der Waals surface area contributed by atoms with Gasteiger partial charge in [0.1, 0.15) is 0 Å². The van der Waals surface area contributed by atoms with Gasteiger partial charge in [-0.1, -0.05) is 17.7 Å². The van der Waals surface area contributed by atoms with E-state index in [-0.39, 0.29) is 11.2 Å². The Bertz CT molecular complexity index is 335. The van der Waals surface area contributed by atoms with Crippen molar-refractivity contribution in [3.8, 4) is 0 Å². The Kier molecular flexibility index (Phi) is 3.00. The zero-order chi connectivity index (χ0) is 11.8. The van der Waals surface area contributed by atoms with Crippen molar-refractivity contribution in [2.24, 2.45) is 0 Å². The summed E-state index contributed by atoms with van der Waals surface area (Å²) in [5, 5.41) is 0. The molecule has 1 fully saturated rings. The Labute approximate surface area is 99.6 Å². The van der Waals surface area contributed by atoms with Crippen molar-refractivity contribution in [3.63, 3.8) is 0 Å². The van der Waals surface area contributed by atoms with Crippen LogP contribution in [0.2, 0.25) is 0 Å². The summed E-state index contributed by atoms with van der Waals surface area (Å²) in [6, 6.07) is 0. The molecule has 2 rings (SSSR count). The lowest BCUT2D eigenvalue weighted by Crippen LogP contribution is -2.44. The number of rotatable bonds is 1. The summed E-state index contributed by atoms with van der Waals surface area (Å²) in [6.07, 6.45) is 10.6. The molecule has 0 spiro atoms. The molecule has 16 heavy (non-hydrogen) atoms. The van der Waals surface area contributed by atoms with Crippen LogP contribution in [0.4, 0.5) is 0 Å².